The van der Waals surface area contributed by atoms with Crippen molar-refractivity contribution in [2.45, 2.75) is 48.2 Å². The van der Waals surface area contributed by atoms with E-state index in [0.29, 0.717) is 42.2 Å². The number of carbonyl (C=O) groups excluding carboxylic acids is 2. The normalized spacial score (nSPS) is 18.4. The van der Waals surface area contributed by atoms with Crippen LogP contribution in [0, 0.1) is 0 Å². The minimum atomic E-state index is -3.96. The minimum absolute atomic E-state index is 0.0113. The van der Waals surface area contributed by atoms with Crippen molar-refractivity contribution in [2.75, 3.05) is 16.8 Å². The van der Waals surface area contributed by atoms with Gasteiger partial charge in [0.05, 0.1) is 15.6 Å². The number of sulfone groups is 1. The summed E-state index contributed by atoms with van der Waals surface area (Å²) in [6.45, 7) is 0.600. The van der Waals surface area contributed by atoms with Crippen LogP contribution >= 0.6 is 23.2 Å². The van der Waals surface area contributed by atoms with Crippen LogP contribution < -0.4 is 10.2 Å². The SMILES string of the molecule is O=C1CCCN1c1ccc(Cl)c(NC(=O)C2(S(=O)(=O)c3ccc(Cl)cc3)CCCC2)c1. The first-order valence-electron chi connectivity index (χ1n) is 10.2. The maximum Gasteiger partial charge on any atom is 0.246 e. The van der Waals surface area contributed by atoms with Gasteiger partial charge in [-0.1, -0.05) is 36.0 Å². The highest BCUT2D eigenvalue weighted by atomic mass is 35.5. The van der Waals surface area contributed by atoms with E-state index in [-0.39, 0.29) is 28.7 Å². The number of hydrogen-bond donors (Lipinski definition) is 1. The molecule has 164 valence electrons. The molecule has 2 aliphatic rings. The Labute approximate surface area is 191 Å². The number of rotatable bonds is 5. The molecule has 0 unspecified atom stereocenters. The lowest BCUT2D eigenvalue weighted by Gasteiger charge is -2.28. The molecule has 1 saturated carbocycles. The van der Waals surface area contributed by atoms with Crippen molar-refractivity contribution >= 4 is 56.2 Å². The molecule has 0 spiro atoms. The Hall–Kier alpha value is -2.09. The van der Waals surface area contributed by atoms with Crippen LogP contribution in [-0.2, 0) is 19.4 Å². The average molecular weight is 481 g/mol. The summed E-state index contributed by atoms with van der Waals surface area (Å²) in [5.74, 6) is -0.594. The molecule has 0 bridgehead atoms. The molecule has 1 N–H and O–H groups in total. The largest absolute Gasteiger partial charge is 0.323 e. The van der Waals surface area contributed by atoms with Gasteiger partial charge >= 0.3 is 0 Å². The number of nitrogens with one attached hydrogen (secondary N) is 1. The quantitative estimate of drug-likeness (QED) is 0.662. The van der Waals surface area contributed by atoms with Crippen molar-refractivity contribution in [3.05, 3.63) is 52.5 Å². The molecular formula is C22H22Cl2N2O4S. The van der Waals surface area contributed by atoms with Crippen LogP contribution in [0.5, 0.6) is 0 Å². The predicted molar refractivity (Wildman–Crippen MR) is 122 cm³/mol. The molecule has 0 atom stereocenters. The lowest BCUT2D eigenvalue weighted by molar-refractivity contribution is -0.118. The summed E-state index contributed by atoms with van der Waals surface area (Å²) in [6.07, 6.45) is 2.97. The highest BCUT2D eigenvalue weighted by Crippen LogP contribution is 2.42. The highest BCUT2D eigenvalue weighted by molar-refractivity contribution is 7.93. The van der Waals surface area contributed by atoms with E-state index in [1.54, 1.807) is 23.1 Å². The van der Waals surface area contributed by atoms with Gasteiger partial charge in [-0.05, 0) is 61.7 Å². The van der Waals surface area contributed by atoms with Gasteiger partial charge in [0.15, 0.2) is 14.6 Å². The van der Waals surface area contributed by atoms with Crippen LogP contribution in [0.2, 0.25) is 10.0 Å². The first kappa shape index (κ1) is 22.1. The first-order valence-corrected chi connectivity index (χ1v) is 12.4. The molecule has 1 aliphatic heterocycles. The van der Waals surface area contributed by atoms with Crippen LogP contribution in [-0.4, -0.2) is 31.5 Å². The Kier molecular flexibility index (Phi) is 6.03. The van der Waals surface area contributed by atoms with Crippen molar-refractivity contribution < 1.29 is 18.0 Å². The zero-order valence-corrected chi connectivity index (χ0v) is 19.1. The van der Waals surface area contributed by atoms with Crippen molar-refractivity contribution in [1.29, 1.82) is 0 Å². The number of amides is 2. The van der Waals surface area contributed by atoms with Gasteiger partial charge < -0.3 is 10.2 Å². The van der Waals surface area contributed by atoms with E-state index in [9.17, 15) is 18.0 Å². The molecule has 31 heavy (non-hydrogen) atoms. The summed E-state index contributed by atoms with van der Waals surface area (Å²) in [5.41, 5.74) is 0.921. The van der Waals surface area contributed by atoms with Crippen molar-refractivity contribution in [3.63, 3.8) is 0 Å². The smallest absolute Gasteiger partial charge is 0.246 e. The number of nitrogens with zero attached hydrogens (tertiary/aromatic N) is 1. The molecule has 2 amide bonds. The standard InChI is InChI=1S/C22H22Cl2N2O4S/c23-15-5-8-17(9-6-15)31(29,30)22(11-1-2-12-22)21(28)25-19-14-16(7-10-18(19)24)26-13-3-4-20(26)27/h5-10,14H,1-4,11-13H2,(H,25,28). The second-order valence-corrected chi connectivity index (χ2v) is 11.0. The molecule has 2 aromatic carbocycles. The van der Waals surface area contributed by atoms with Gasteiger partial charge in [-0.25, -0.2) is 8.42 Å². The van der Waals surface area contributed by atoms with E-state index >= 15 is 0 Å². The summed E-state index contributed by atoms with van der Waals surface area (Å²) in [5, 5.41) is 3.44. The molecular weight excluding hydrogens is 459 g/mol. The summed E-state index contributed by atoms with van der Waals surface area (Å²) >= 11 is 12.2. The van der Waals surface area contributed by atoms with Gasteiger partial charge in [0.1, 0.15) is 0 Å². The number of benzene rings is 2. The molecule has 2 aromatic rings. The lowest BCUT2D eigenvalue weighted by atomic mass is 10.1. The number of hydrogen-bond acceptors (Lipinski definition) is 4. The third-order valence-corrected chi connectivity index (χ3v) is 9.14. The van der Waals surface area contributed by atoms with Gasteiger partial charge in [-0.2, -0.15) is 0 Å². The second-order valence-electron chi connectivity index (χ2n) is 7.93. The summed E-state index contributed by atoms with van der Waals surface area (Å²) < 4.78 is 25.4. The Morgan fingerprint density at radius 2 is 1.68 bits per heavy atom. The van der Waals surface area contributed by atoms with Crippen molar-refractivity contribution in [3.8, 4) is 0 Å². The fourth-order valence-corrected chi connectivity index (χ4v) is 6.70. The molecule has 1 saturated heterocycles. The fourth-order valence-electron chi connectivity index (χ4n) is 4.34. The molecule has 2 fully saturated rings. The second kappa shape index (κ2) is 8.45. The van der Waals surface area contributed by atoms with Gasteiger partial charge in [0, 0.05) is 23.7 Å². The molecule has 1 aliphatic carbocycles. The Balaban J connectivity index is 1.67. The average Bonchev–Trinajstić information content (AvgIpc) is 3.40. The maximum absolute atomic E-state index is 13.5. The Morgan fingerprint density at radius 3 is 2.29 bits per heavy atom. The molecule has 4 rings (SSSR count). The van der Waals surface area contributed by atoms with Gasteiger partial charge in [0.2, 0.25) is 11.8 Å². The van der Waals surface area contributed by atoms with Crippen LogP contribution in [0.15, 0.2) is 47.4 Å². The molecule has 9 heteroatoms. The lowest BCUT2D eigenvalue weighted by Crippen LogP contribution is -2.47. The summed E-state index contributed by atoms with van der Waals surface area (Å²) in [4.78, 5) is 27.2. The van der Waals surface area contributed by atoms with E-state index < -0.39 is 20.5 Å². The first-order chi connectivity index (χ1) is 14.7. The van der Waals surface area contributed by atoms with Crippen LogP contribution in [0.3, 0.4) is 0 Å². The van der Waals surface area contributed by atoms with Gasteiger partial charge in [-0.15, -0.1) is 0 Å². The van der Waals surface area contributed by atoms with E-state index in [4.69, 9.17) is 23.2 Å². The third kappa shape index (κ3) is 3.95. The Bertz CT molecular complexity index is 1130. The molecule has 1 heterocycles. The minimum Gasteiger partial charge on any atom is -0.323 e. The van der Waals surface area contributed by atoms with E-state index in [2.05, 4.69) is 5.32 Å². The molecule has 0 aromatic heterocycles. The maximum atomic E-state index is 13.5. The van der Waals surface area contributed by atoms with E-state index in [0.717, 1.165) is 6.42 Å². The molecule has 0 radical (unpaired) electrons. The van der Waals surface area contributed by atoms with Gasteiger partial charge in [0.25, 0.3) is 0 Å². The number of anilines is 2. The van der Waals surface area contributed by atoms with Crippen LogP contribution in [0.25, 0.3) is 0 Å². The number of carbonyl (C=O) groups is 2. The zero-order valence-electron chi connectivity index (χ0n) is 16.7. The van der Waals surface area contributed by atoms with E-state index in [1.807, 2.05) is 0 Å². The fraction of sp³-hybridized carbons (Fsp3) is 0.364. The topological polar surface area (TPSA) is 83.6 Å². The molecule has 6 nitrogen and oxygen atoms in total. The van der Waals surface area contributed by atoms with Crippen LogP contribution in [0.4, 0.5) is 11.4 Å². The summed E-state index contributed by atoms with van der Waals surface area (Å²) in [6, 6.07) is 10.8. The monoisotopic (exact) mass is 480 g/mol. The van der Waals surface area contributed by atoms with Crippen LogP contribution in [0.1, 0.15) is 38.5 Å². The van der Waals surface area contributed by atoms with Crippen molar-refractivity contribution in [2.24, 2.45) is 0 Å². The third-order valence-electron chi connectivity index (χ3n) is 6.05. The number of halogens is 2. The Morgan fingerprint density at radius 1 is 1.00 bits per heavy atom. The zero-order chi connectivity index (χ0) is 22.2. The van der Waals surface area contributed by atoms with E-state index in [1.165, 1.54) is 24.3 Å². The summed E-state index contributed by atoms with van der Waals surface area (Å²) in [7, 11) is -3.96. The predicted octanol–water partition coefficient (Wildman–Crippen LogP) is 4.85. The highest BCUT2D eigenvalue weighted by Gasteiger charge is 2.53. The van der Waals surface area contributed by atoms with Crippen molar-refractivity contribution in [1.82, 2.24) is 0 Å². The van der Waals surface area contributed by atoms with Gasteiger partial charge in [-0.3, -0.25) is 9.59 Å².